The molecule has 0 bridgehead atoms. The van der Waals surface area contributed by atoms with Gasteiger partial charge in [-0.15, -0.1) is 0 Å². The number of fused-ring (bicyclic) bond motifs is 1. The Bertz CT molecular complexity index is 213. The molecule has 2 rings (SSSR count). The van der Waals surface area contributed by atoms with E-state index in [1.54, 1.807) is 6.42 Å². The van der Waals surface area contributed by atoms with E-state index in [0.29, 0.717) is 5.41 Å². The molecule has 0 amide bonds. The molecule has 16 heavy (non-hydrogen) atoms. The van der Waals surface area contributed by atoms with Crippen molar-refractivity contribution in [3.63, 3.8) is 0 Å². The predicted octanol–water partition coefficient (Wildman–Crippen LogP) is 3.84. The fourth-order valence-electron chi connectivity index (χ4n) is 4.11. The summed E-state index contributed by atoms with van der Waals surface area (Å²) in [6.45, 7) is 9.43. The summed E-state index contributed by atoms with van der Waals surface area (Å²) >= 11 is 0. The summed E-state index contributed by atoms with van der Waals surface area (Å²) in [5.41, 5.74) is 0.679. The Balaban J connectivity index is 1.87. The third-order valence-corrected chi connectivity index (χ3v) is 4.77. The number of rotatable bonds is 7. The first-order valence-electron chi connectivity index (χ1n) is 7.40. The molecule has 0 aromatic rings. The standard InChI is InChI=1S/C15H29N/c1-4-6-12(3)8-15(11-16-5-2)9-13-7-14(13)10-15/h12-14,16H,4-11H2,1-3H3. The Morgan fingerprint density at radius 1 is 1.25 bits per heavy atom. The molecule has 0 heterocycles. The van der Waals surface area contributed by atoms with Crippen molar-refractivity contribution in [2.24, 2.45) is 23.2 Å². The van der Waals surface area contributed by atoms with Crippen molar-refractivity contribution in [1.29, 1.82) is 0 Å². The first kappa shape index (κ1) is 12.4. The molecular weight excluding hydrogens is 194 g/mol. The van der Waals surface area contributed by atoms with Gasteiger partial charge in [-0.05, 0) is 55.4 Å². The molecule has 0 aliphatic heterocycles. The molecule has 0 saturated heterocycles. The second-order valence-electron chi connectivity index (χ2n) is 6.54. The van der Waals surface area contributed by atoms with E-state index in [0.717, 1.165) is 24.3 Å². The zero-order chi connectivity index (χ0) is 11.6. The van der Waals surface area contributed by atoms with Gasteiger partial charge >= 0.3 is 0 Å². The van der Waals surface area contributed by atoms with E-state index in [1.807, 2.05) is 0 Å². The lowest BCUT2D eigenvalue weighted by molar-refractivity contribution is 0.191. The van der Waals surface area contributed by atoms with Crippen molar-refractivity contribution in [3.8, 4) is 0 Å². The van der Waals surface area contributed by atoms with Crippen LogP contribution in [0.15, 0.2) is 0 Å². The predicted molar refractivity (Wildman–Crippen MR) is 70.5 cm³/mol. The van der Waals surface area contributed by atoms with Crippen molar-refractivity contribution in [3.05, 3.63) is 0 Å². The van der Waals surface area contributed by atoms with Crippen molar-refractivity contribution >= 4 is 0 Å². The van der Waals surface area contributed by atoms with Gasteiger partial charge in [-0.3, -0.25) is 0 Å². The van der Waals surface area contributed by atoms with Crippen LogP contribution in [0, 0.1) is 23.2 Å². The van der Waals surface area contributed by atoms with Crippen LogP contribution in [0.3, 0.4) is 0 Å². The normalized spacial score (nSPS) is 38.4. The van der Waals surface area contributed by atoms with E-state index < -0.39 is 0 Å². The summed E-state index contributed by atoms with van der Waals surface area (Å²) in [6, 6.07) is 0. The van der Waals surface area contributed by atoms with Crippen LogP contribution in [0.5, 0.6) is 0 Å². The van der Waals surface area contributed by atoms with Crippen LogP contribution < -0.4 is 5.32 Å². The molecule has 0 radical (unpaired) electrons. The first-order chi connectivity index (χ1) is 7.69. The Kier molecular flexibility index (Phi) is 3.94. The Morgan fingerprint density at radius 2 is 1.94 bits per heavy atom. The quantitative estimate of drug-likeness (QED) is 0.691. The molecule has 2 fully saturated rings. The zero-order valence-electron chi connectivity index (χ0n) is 11.4. The summed E-state index contributed by atoms with van der Waals surface area (Å²) in [6.07, 6.45) is 8.85. The molecule has 3 unspecified atom stereocenters. The van der Waals surface area contributed by atoms with Crippen molar-refractivity contribution in [2.45, 2.75) is 59.3 Å². The SMILES string of the molecule is CCCC(C)CC1(CNCC)CC2CC2C1. The molecule has 0 spiro atoms. The maximum absolute atomic E-state index is 3.62. The third kappa shape index (κ3) is 2.80. The van der Waals surface area contributed by atoms with Crippen LogP contribution in [0.4, 0.5) is 0 Å². The first-order valence-corrected chi connectivity index (χ1v) is 7.40. The lowest BCUT2D eigenvalue weighted by Gasteiger charge is -2.34. The largest absolute Gasteiger partial charge is 0.316 e. The van der Waals surface area contributed by atoms with E-state index >= 15 is 0 Å². The lowest BCUT2D eigenvalue weighted by Crippen LogP contribution is -2.34. The van der Waals surface area contributed by atoms with Crippen LogP contribution in [-0.2, 0) is 0 Å². The highest BCUT2D eigenvalue weighted by Gasteiger charge is 2.53. The van der Waals surface area contributed by atoms with Gasteiger partial charge in [0.15, 0.2) is 0 Å². The number of nitrogens with one attached hydrogen (secondary N) is 1. The molecule has 3 atom stereocenters. The summed E-state index contributed by atoms with van der Waals surface area (Å²) in [4.78, 5) is 0. The maximum Gasteiger partial charge on any atom is 0.000800 e. The Morgan fingerprint density at radius 3 is 2.50 bits per heavy atom. The van der Waals surface area contributed by atoms with E-state index in [2.05, 4.69) is 26.1 Å². The van der Waals surface area contributed by atoms with Gasteiger partial charge in [-0.2, -0.15) is 0 Å². The molecule has 94 valence electrons. The number of hydrogen-bond acceptors (Lipinski definition) is 1. The van der Waals surface area contributed by atoms with Crippen LogP contribution in [0.25, 0.3) is 0 Å². The fraction of sp³-hybridized carbons (Fsp3) is 1.00. The van der Waals surface area contributed by atoms with Gasteiger partial charge in [0, 0.05) is 6.54 Å². The molecule has 1 heteroatoms. The highest BCUT2D eigenvalue weighted by Crippen LogP contribution is 2.61. The van der Waals surface area contributed by atoms with E-state index in [9.17, 15) is 0 Å². The van der Waals surface area contributed by atoms with Gasteiger partial charge in [0.05, 0.1) is 0 Å². The van der Waals surface area contributed by atoms with Gasteiger partial charge in [0.2, 0.25) is 0 Å². The Labute approximate surface area is 101 Å². The number of hydrogen-bond donors (Lipinski definition) is 1. The third-order valence-electron chi connectivity index (χ3n) is 4.77. The van der Waals surface area contributed by atoms with E-state index in [-0.39, 0.29) is 0 Å². The molecule has 2 aliphatic carbocycles. The van der Waals surface area contributed by atoms with Gasteiger partial charge in [0.1, 0.15) is 0 Å². The van der Waals surface area contributed by atoms with Crippen LogP contribution in [-0.4, -0.2) is 13.1 Å². The van der Waals surface area contributed by atoms with Gasteiger partial charge in [-0.25, -0.2) is 0 Å². The van der Waals surface area contributed by atoms with Crippen molar-refractivity contribution in [2.75, 3.05) is 13.1 Å². The summed E-state index contributed by atoms with van der Waals surface area (Å²) < 4.78 is 0. The van der Waals surface area contributed by atoms with Gasteiger partial charge in [-0.1, -0.05) is 33.6 Å². The maximum atomic E-state index is 3.62. The summed E-state index contributed by atoms with van der Waals surface area (Å²) in [5, 5.41) is 3.62. The van der Waals surface area contributed by atoms with Gasteiger partial charge < -0.3 is 5.32 Å². The van der Waals surface area contributed by atoms with Crippen LogP contribution in [0.2, 0.25) is 0 Å². The topological polar surface area (TPSA) is 12.0 Å². The molecule has 1 N–H and O–H groups in total. The van der Waals surface area contributed by atoms with E-state index in [4.69, 9.17) is 0 Å². The smallest absolute Gasteiger partial charge is 0.000800 e. The second-order valence-corrected chi connectivity index (χ2v) is 6.54. The lowest BCUT2D eigenvalue weighted by atomic mass is 9.75. The molecule has 1 nitrogen and oxygen atoms in total. The molecule has 0 aromatic heterocycles. The monoisotopic (exact) mass is 223 g/mol. The highest BCUT2D eigenvalue weighted by atomic mass is 14.9. The molecular formula is C15H29N. The minimum atomic E-state index is 0.679. The van der Waals surface area contributed by atoms with Crippen LogP contribution >= 0.6 is 0 Å². The van der Waals surface area contributed by atoms with Crippen molar-refractivity contribution < 1.29 is 0 Å². The average molecular weight is 223 g/mol. The fourth-order valence-corrected chi connectivity index (χ4v) is 4.11. The molecule has 0 aromatic carbocycles. The zero-order valence-corrected chi connectivity index (χ0v) is 11.4. The minimum absolute atomic E-state index is 0.679. The summed E-state index contributed by atoms with van der Waals surface area (Å²) in [7, 11) is 0. The minimum Gasteiger partial charge on any atom is -0.316 e. The second kappa shape index (κ2) is 5.08. The van der Waals surface area contributed by atoms with Crippen molar-refractivity contribution in [1.82, 2.24) is 5.32 Å². The van der Waals surface area contributed by atoms with Gasteiger partial charge in [0.25, 0.3) is 0 Å². The molecule has 2 saturated carbocycles. The van der Waals surface area contributed by atoms with E-state index in [1.165, 1.54) is 38.6 Å². The average Bonchev–Trinajstić information content (AvgIpc) is 2.85. The van der Waals surface area contributed by atoms with Crippen LogP contribution in [0.1, 0.15) is 59.3 Å². The summed E-state index contributed by atoms with van der Waals surface area (Å²) in [5.74, 6) is 3.17. The molecule has 2 aliphatic rings. The highest BCUT2D eigenvalue weighted by molar-refractivity contribution is 5.04. The Hall–Kier alpha value is -0.0400.